The van der Waals surface area contributed by atoms with Gasteiger partial charge in [0.15, 0.2) is 11.9 Å². The molecule has 0 spiro atoms. The molecule has 0 radical (unpaired) electrons. The Labute approximate surface area is 263 Å². The van der Waals surface area contributed by atoms with Crippen molar-refractivity contribution >= 4 is 35.7 Å². The minimum Gasteiger partial charge on any atom is -0.459 e. The first-order valence-electron chi connectivity index (χ1n) is 15.0. The van der Waals surface area contributed by atoms with Crippen molar-refractivity contribution in [3.63, 3.8) is 0 Å². The number of hydrogen-bond donors (Lipinski definition) is 1. The standard InChI is InChI=1S/C35H42O10/c1-19-25(39)18-35(41)31(43-22(4)37)29-20(2)26(45-27(40)15-14-24-12-10-9-11-13-24)16-17-34(29,8)32(44-23(5)38)30(42-21(3)36)28(19)33(35,6)7/h9-15,26,29-32,41H,2,16-18H2,1,3-8H3/b15-14+/t26-,29-,30+,31-,32-,34+,35+/m0/s1. The highest BCUT2D eigenvalue weighted by molar-refractivity contribution is 5.98. The predicted octanol–water partition coefficient (Wildman–Crippen LogP) is 4.44. The topological polar surface area (TPSA) is 142 Å². The van der Waals surface area contributed by atoms with Gasteiger partial charge >= 0.3 is 23.9 Å². The second-order valence-corrected chi connectivity index (χ2v) is 13.0. The lowest BCUT2D eigenvalue weighted by Gasteiger charge is -2.62. The van der Waals surface area contributed by atoms with Crippen LogP contribution in [0.4, 0.5) is 0 Å². The monoisotopic (exact) mass is 622 g/mol. The van der Waals surface area contributed by atoms with E-state index < -0.39 is 82.8 Å². The number of fused-ring (bicyclic) bond motifs is 3. The lowest BCUT2D eigenvalue weighted by atomic mass is 9.47. The molecule has 2 saturated carbocycles. The summed E-state index contributed by atoms with van der Waals surface area (Å²) in [6.45, 7) is 14.6. The summed E-state index contributed by atoms with van der Waals surface area (Å²) in [5.74, 6) is -4.15. The smallest absolute Gasteiger partial charge is 0.331 e. The summed E-state index contributed by atoms with van der Waals surface area (Å²) in [7, 11) is 0. The molecule has 242 valence electrons. The van der Waals surface area contributed by atoms with Crippen LogP contribution in [0, 0.1) is 16.7 Å². The van der Waals surface area contributed by atoms with E-state index in [1.54, 1.807) is 33.8 Å². The van der Waals surface area contributed by atoms with Crippen LogP contribution in [0.1, 0.15) is 73.3 Å². The molecule has 7 atom stereocenters. The number of hydrogen-bond acceptors (Lipinski definition) is 10. The van der Waals surface area contributed by atoms with Crippen molar-refractivity contribution in [2.24, 2.45) is 16.7 Å². The summed E-state index contributed by atoms with van der Waals surface area (Å²) in [4.78, 5) is 64.5. The Morgan fingerprint density at radius 3 is 2.07 bits per heavy atom. The van der Waals surface area contributed by atoms with E-state index in [2.05, 4.69) is 6.58 Å². The van der Waals surface area contributed by atoms with Gasteiger partial charge in [0.1, 0.15) is 23.9 Å². The van der Waals surface area contributed by atoms with Crippen molar-refractivity contribution in [3.8, 4) is 0 Å². The number of carbonyl (C=O) groups is 5. The SMILES string of the molecule is C=C1[C@@H](OC(=O)/C=C/c2ccccc2)CC[C@@]2(C)[C@@H](OC(C)=O)[C@H](OC(C)=O)C3=C(C)C(=O)C[C@@](O)([C@@H](OC(C)=O)[C@H]12)C3(C)C. The fourth-order valence-corrected chi connectivity index (χ4v) is 7.58. The number of Topliss-reactive ketones (excluding diaryl/α,β-unsaturated/α-hetero) is 1. The molecule has 1 N–H and O–H groups in total. The Morgan fingerprint density at radius 1 is 0.911 bits per heavy atom. The zero-order chi connectivity index (χ0) is 33.5. The number of rotatable bonds is 6. The number of ether oxygens (including phenoxy) is 4. The van der Waals surface area contributed by atoms with Gasteiger partial charge in [-0.2, -0.15) is 0 Å². The van der Waals surface area contributed by atoms with E-state index in [4.69, 9.17) is 18.9 Å². The highest BCUT2D eigenvalue weighted by Crippen LogP contribution is 2.62. The lowest BCUT2D eigenvalue weighted by molar-refractivity contribution is -0.235. The van der Waals surface area contributed by atoms with Crippen molar-refractivity contribution < 1.29 is 48.0 Å². The molecule has 0 aliphatic heterocycles. The molecule has 10 heteroatoms. The third-order valence-corrected chi connectivity index (χ3v) is 9.81. The van der Waals surface area contributed by atoms with E-state index in [1.165, 1.54) is 26.8 Å². The molecule has 2 fully saturated rings. The second-order valence-electron chi connectivity index (χ2n) is 13.0. The number of carbonyl (C=O) groups excluding carboxylic acids is 5. The van der Waals surface area contributed by atoms with Gasteiger partial charge in [-0.25, -0.2) is 4.79 Å². The lowest BCUT2D eigenvalue weighted by Crippen LogP contribution is -2.70. The Morgan fingerprint density at radius 2 is 1.49 bits per heavy atom. The maximum atomic E-state index is 13.6. The molecule has 1 aromatic rings. The van der Waals surface area contributed by atoms with Crippen LogP contribution in [-0.4, -0.2) is 64.8 Å². The minimum absolute atomic E-state index is 0.224. The average molecular weight is 623 g/mol. The van der Waals surface area contributed by atoms with Gasteiger partial charge in [-0.1, -0.05) is 57.7 Å². The van der Waals surface area contributed by atoms with Crippen LogP contribution in [0.3, 0.4) is 0 Å². The van der Waals surface area contributed by atoms with E-state index in [9.17, 15) is 29.1 Å². The number of benzene rings is 1. The van der Waals surface area contributed by atoms with E-state index in [1.807, 2.05) is 30.3 Å². The molecule has 1 aromatic carbocycles. The Bertz CT molecular complexity index is 1470. The first-order chi connectivity index (χ1) is 20.9. The molecule has 0 aromatic heterocycles. The predicted molar refractivity (Wildman–Crippen MR) is 163 cm³/mol. The molecule has 2 bridgehead atoms. The Kier molecular flexibility index (Phi) is 9.31. The van der Waals surface area contributed by atoms with Crippen molar-refractivity contribution in [2.75, 3.05) is 0 Å². The molecule has 3 aliphatic carbocycles. The van der Waals surface area contributed by atoms with E-state index in [0.29, 0.717) is 5.57 Å². The van der Waals surface area contributed by atoms with E-state index in [-0.39, 0.29) is 24.0 Å². The van der Waals surface area contributed by atoms with Crippen LogP contribution >= 0.6 is 0 Å². The Balaban J connectivity index is 1.91. The largest absolute Gasteiger partial charge is 0.459 e. The van der Waals surface area contributed by atoms with Crippen LogP contribution in [-0.2, 0) is 42.9 Å². The van der Waals surface area contributed by atoms with Crippen LogP contribution in [0.2, 0.25) is 0 Å². The van der Waals surface area contributed by atoms with Crippen molar-refractivity contribution in [1.82, 2.24) is 0 Å². The summed E-state index contributed by atoms with van der Waals surface area (Å²) in [6, 6.07) is 9.20. The Hall–Kier alpha value is -4.05. The molecular weight excluding hydrogens is 580 g/mol. The molecule has 0 saturated heterocycles. The molecule has 4 rings (SSSR count). The fourth-order valence-electron chi connectivity index (χ4n) is 7.58. The van der Waals surface area contributed by atoms with Crippen LogP contribution in [0.5, 0.6) is 0 Å². The van der Waals surface area contributed by atoms with Gasteiger partial charge in [0.25, 0.3) is 0 Å². The molecule has 3 aliphatic rings. The third-order valence-electron chi connectivity index (χ3n) is 9.81. The van der Waals surface area contributed by atoms with Crippen molar-refractivity contribution in [1.29, 1.82) is 0 Å². The summed E-state index contributed by atoms with van der Waals surface area (Å²) in [6.07, 6.45) is -1.72. The minimum atomic E-state index is -2.02. The quantitative estimate of drug-likeness (QED) is 0.209. The van der Waals surface area contributed by atoms with Gasteiger partial charge in [-0.05, 0) is 48.1 Å². The van der Waals surface area contributed by atoms with Gasteiger partial charge in [0.2, 0.25) is 0 Å². The summed E-state index contributed by atoms with van der Waals surface area (Å²) >= 11 is 0. The number of allylic oxidation sites excluding steroid dienone is 1. The van der Waals surface area contributed by atoms with E-state index >= 15 is 0 Å². The maximum absolute atomic E-state index is 13.6. The molecule has 0 amide bonds. The van der Waals surface area contributed by atoms with Crippen LogP contribution in [0.25, 0.3) is 6.08 Å². The fraction of sp³-hybridized carbons (Fsp3) is 0.514. The number of aliphatic hydroxyl groups is 1. The summed E-state index contributed by atoms with van der Waals surface area (Å²) in [5, 5.41) is 12.7. The normalized spacial score (nSPS) is 32.6. The molecular formula is C35H42O10. The summed E-state index contributed by atoms with van der Waals surface area (Å²) in [5.41, 5.74) is -2.88. The molecule has 10 nitrogen and oxygen atoms in total. The molecule has 45 heavy (non-hydrogen) atoms. The highest BCUT2D eigenvalue weighted by Gasteiger charge is 2.69. The van der Waals surface area contributed by atoms with Gasteiger partial charge in [0, 0.05) is 50.0 Å². The van der Waals surface area contributed by atoms with Gasteiger partial charge < -0.3 is 24.1 Å². The average Bonchev–Trinajstić information content (AvgIpc) is 2.94. The highest BCUT2D eigenvalue weighted by atomic mass is 16.6. The first kappa shape index (κ1) is 33.8. The summed E-state index contributed by atoms with van der Waals surface area (Å²) < 4.78 is 23.7. The second kappa shape index (κ2) is 12.4. The molecule has 0 heterocycles. The maximum Gasteiger partial charge on any atom is 0.331 e. The first-order valence-corrected chi connectivity index (χ1v) is 15.0. The zero-order valence-electron chi connectivity index (χ0n) is 26.9. The van der Waals surface area contributed by atoms with Crippen molar-refractivity contribution in [3.05, 3.63) is 65.3 Å². The zero-order valence-corrected chi connectivity index (χ0v) is 26.9. The molecule has 0 unspecified atom stereocenters. The van der Waals surface area contributed by atoms with Gasteiger partial charge in [-0.15, -0.1) is 0 Å². The van der Waals surface area contributed by atoms with Crippen molar-refractivity contribution in [2.45, 2.75) is 97.7 Å². The number of ketones is 1. The third kappa shape index (κ3) is 6.12. The van der Waals surface area contributed by atoms with Gasteiger partial charge in [0.05, 0.1) is 0 Å². The van der Waals surface area contributed by atoms with Crippen LogP contribution < -0.4 is 0 Å². The van der Waals surface area contributed by atoms with E-state index in [0.717, 1.165) is 5.56 Å². The number of esters is 4. The van der Waals surface area contributed by atoms with Gasteiger partial charge in [-0.3, -0.25) is 19.2 Å². The van der Waals surface area contributed by atoms with Crippen LogP contribution in [0.15, 0.2) is 59.7 Å².